The zero-order valence-electron chi connectivity index (χ0n) is 12.4. The van der Waals surface area contributed by atoms with E-state index in [1.54, 1.807) is 6.07 Å². The molecule has 0 aromatic heterocycles. The smallest absolute Gasteiger partial charge is 0.145 e. The first kappa shape index (κ1) is 15.7. The van der Waals surface area contributed by atoms with Crippen LogP contribution in [0.25, 0.3) is 0 Å². The minimum Gasteiger partial charge on any atom is -0.330 e. The van der Waals surface area contributed by atoms with E-state index < -0.39 is 0 Å². The molecule has 0 bridgehead atoms. The highest BCUT2D eigenvalue weighted by atomic mass is 35.5. The summed E-state index contributed by atoms with van der Waals surface area (Å²) >= 11 is 5.90. The molecule has 2 rings (SSSR count). The van der Waals surface area contributed by atoms with Crippen molar-refractivity contribution in [3.63, 3.8) is 0 Å². The van der Waals surface area contributed by atoms with Crippen LogP contribution in [0.5, 0.6) is 0 Å². The summed E-state index contributed by atoms with van der Waals surface area (Å²) in [5.41, 5.74) is 6.88. The van der Waals surface area contributed by atoms with Gasteiger partial charge < -0.3 is 11.1 Å². The molecule has 0 spiro atoms. The predicted octanol–water partition coefficient (Wildman–Crippen LogP) is 3.55. The fraction of sp³-hybridized carbons (Fsp3) is 0.625. The minimum absolute atomic E-state index is 0.103. The van der Waals surface area contributed by atoms with Crippen LogP contribution < -0.4 is 11.1 Å². The standard InChI is InChI=1S/C16H24ClFN2/c1-16(2,3)7-14-11(8-19)12(9-20-14)10-5-4-6-13(17)15(10)18/h4-6,11-12,14,20H,7-9,19H2,1-3H3. The molecule has 112 valence electrons. The number of hydrogen-bond acceptors (Lipinski definition) is 2. The lowest BCUT2D eigenvalue weighted by Gasteiger charge is -2.29. The molecular weight excluding hydrogens is 275 g/mol. The highest BCUT2D eigenvalue weighted by Gasteiger charge is 2.38. The molecule has 20 heavy (non-hydrogen) atoms. The van der Waals surface area contributed by atoms with E-state index in [1.807, 2.05) is 12.1 Å². The second kappa shape index (κ2) is 6.00. The molecule has 1 aliphatic rings. The summed E-state index contributed by atoms with van der Waals surface area (Å²) in [4.78, 5) is 0. The maximum atomic E-state index is 14.2. The summed E-state index contributed by atoms with van der Waals surface area (Å²) in [6.45, 7) is 7.98. The molecule has 3 atom stereocenters. The molecule has 2 nitrogen and oxygen atoms in total. The van der Waals surface area contributed by atoms with Gasteiger partial charge in [-0.25, -0.2) is 4.39 Å². The van der Waals surface area contributed by atoms with Crippen molar-refractivity contribution in [1.82, 2.24) is 5.32 Å². The Morgan fingerprint density at radius 1 is 1.40 bits per heavy atom. The average Bonchev–Trinajstić information content (AvgIpc) is 2.73. The van der Waals surface area contributed by atoms with Gasteiger partial charge in [0, 0.05) is 18.5 Å². The van der Waals surface area contributed by atoms with Gasteiger partial charge in [0.25, 0.3) is 0 Å². The van der Waals surface area contributed by atoms with E-state index in [0.717, 1.165) is 13.0 Å². The van der Waals surface area contributed by atoms with Crippen LogP contribution >= 0.6 is 11.6 Å². The molecule has 1 aromatic carbocycles. The quantitative estimate of drug-likeness (QED) is 0.895. The maximum Gasteiger partial charge on any atom is 0.145 e. The third-order valence-corrected chi connectivity index (χ3v) is 4.41. The Morgan fingerprint density at radius 3 is 2.70 bits per heavy atom. The summed E-state index contributed by atoms with van der Waals surface area (Å²) in [5.74, 6) is 0.0593. The minimum atomic E-state index is -0.296. The molecule has 4 heteroatoms. The number of hydrogen-bond donors (Lipinski definition) is 2. The number of benzene rings is 1. The Morgan fingerprint density at radius 2 is 2.10 bits per heavy atom. The van der Waals surface area contributed by atoms with Crippen LogP contribution in [0.2, 0.25) is 5.02 Å². The Bertz CT molecular complexity index is 470. The molecule has 1 saturated heterocycles. The van der Waals surface area contributed by atoms with Crippen molar-refractivity contribution < 1.29 is 4.39 Å². The van der Waals surface area contributed by atoms with Gasteiger partial charge in [-0.1, -0.05) is 44.5 Å². The molecule has 0 amide bonds. The van der Waals surface area contributed by atoms with E-state index in [1.165, 1.54) is 0 Å². The third-order valence-electron chi connectivity index (χ3n) is 4.12. The molecule has 1 heterocycles. The molecule has 1 aliphatic heterocycles. The number of nitrogens with two attached hydrogens (primary N) is 1. The lowest BCUT2D eigenvalue weighted by atomic mass is 9.79. The summed E-state index contributed by atoms with van der Waals surface area (Å²) < 4.78 is 14.2. The largest absolute Gasteiger partial charge is 0.330 e. The monoisotopic (exact) mass is 298 g/mol. The van der Waals surface area contributed by atoms with E-state index in [4.69, 9.17) is 17.3 Å². The van der Waals surface area contributed by atoms with Crippen molar-refractivity contribution in [3.05, 3.63) is 34.6 Å². The summed E-state index contributed by atoms with van der Waals surface area (Å²) in [5, 5.41) is 3.71. The summed E-state index contributed by atoms with van der Waals surface area (Å²) in [7, 11) is 0. The van der Waals surface area contributed by atoms with Crippen LogP contribution in [0.15, 0.2) is 18.2 Å². The fourth-order valence-electron chi connectivity index (χ4n) is 3.22. The van der Waals surface area contributed by atoms with Gasteiger partial charge in [-0.2, -0.15) is 0 Å². The van der Waals surface area contributed by atoms with Gasteiger partial charge in [-0.05, 0) is 35.9 Å². The molecule has 0 radical (unpaired) electrons. The Labute approximate surface area is 125 Å². The molecular formula is C16H24ClFN2. The van der Waals surface area contributed by atoms with Crippen LogP contribution in [-0.4, -0.2) is 19.1 Å². The van der Waals surface area contributed by atoms with Crippen molar-refractivity contribution in [2.75, 3.05) is 13.1 Å². The molecule has 3 unspecified atom stereocenters. The first-order chi connectivity index (χ1) is 9.33. The van der Waals surface area contributed by atoms with Crippen LogP contribution in [0.1, 0.15) is 38.7 Å². The lowest BCUT2D eigenvalue weighted by molar-refractivity contribution is 0.282. The van der Waals surface area contributed by atoms with Gasteiger partial charge in [0.1, 0.15) is 5.82 Å². The molecule has 3 N–H and O–H groups in total. The van der Waals surface area contributed by atoms with E-state index in [0.29, 0.717) is 18.2 Å². The fourth-order valence-corrected chi connectivity index (χ4v) is 3.40. The SMILES string of the molecule is CC(C)(C)CC1NCC(c2cccc(Cl)c2F)C1CN. The first-order valence-electron chi connectivity index (χ1n) is 7.21. The van der Waals surface area contributed by atoms with E-state index >= 15 is 0 Å². The second-order valence-corrected chi connectivity index (χ2v) is 7.34. The van der Waals surface area contributed by atoms with Crippen molar-refractivity contribution in [1.29, 1.82) is 0 Å². The van der Waals surface area contributed by atoms with Crippen LogP contribution in [0.3, 0.4) is 0 Å². The molecule has 1 aromatic rings. The molecule has 1 fully saturated rings. The van der Waals surface area contributed by atoms with Crippen molar-refractivity contribution in [2.45, 2.75) is 39.2 Å². The summed E-state index contributed by atoms with van der Waals surface area (Å²) in [6, 6.07) is 5.57. The molecule has 0 saturated carbocycles. The Kier molecular flexibility index (Phi) is 4.73. The zero-order valence-corrected chi connectivity index (χ0v) is 13.2. The zero-order chi connectivity index (χ0) is 14.9. The maximum absolute atomic E-state index is 14.2. The first-order valence-corrected chi connectivity index (χ1v) is 7.58. The number of rotatable bonds is 3. The number of nitrogens with one attached hydrogen (secondary N) is 1. The topological polar surface area (TPSA) is 38.0 Å². The summed E-state index contributed by atoms with van der Waals surface area (Å²) in [6.07, 6.45) is 1.04. The Balaban J connectivity index is 2.23. The van der Waals surface area contributed by atoms with Crippen molar-refractivity contribution in [3.8, 4) is 0 Å². The molecule has 0 aliphatic carbocycles. The van der Waals surface area contributed by atoms with E-state index in [-0.39, 0.29) is 28.1 Å². The van der Waals surface area contributed by atoms with Gasteiger partial charge in [-0.3, -0.25) is 0 Å². The lowest BCUT2D eigenvalue weighted by Crippen LogP contribution is -2.35. The van der Waals surface area contributed by atoms with Crippen LogP contribution in [0, 0.1) is 17.2 Å². The predicted molar refractivity (Wildman–Crippen MR) is 82.6 cm³/mol. The van der Waals surface area contributed by atoms with Crippen LogP contribution in [0.4, 0.5) is 4.39 Å². The van der Waals surface area contributed by atoms with Crippen molar-refractivity contribution >= 4 is 11.6 Å². The number of halogens is 2. The van der Waals surface area contributed by atoms with Crippen LogP contribution in [-0.2, 0) is 0 Å². The second-order valence-electron chi connectivity index (χ2n) is 6.93. The van der Waals surface area contributed by atoms with Gasteiger partial charge in [0.05, 0.1) is 5.02 Å². The highest BCUT2D eigenvalue weighted by Crippen LogP contribution is 2.38. The van der Waals surface area contributed by atoms with Gasteiger partial charge in [0.15, 0.2) is 0 Å². The highest BCUT2D eigenvalue weighted by molar-refractivity contribution is 6.30. The van der Waals surface area contributed by atoms with E-state index in [9.17, 15) is 4.39 Å². The third kappa shape index (κ3) is 3.33. The normalized spacial score (nSPS) is 27.0. The Hall–Kier alpha value is -0.640. The average molecular weight is 299 g/mol. The van der Waals surface area contributed by atoms with Gasteiger partial charge in [-0.15, -0.1) is 0 Å². The van der Waals surface area contributed by atoms with Crippen molar-refractivity contribution in [2.24, 2.45) is 17.1 Å². The van der Waals surface area contributed by atoms with Gasteiger partial charge >= 0.3 is 0 Å². The van der Waals surface area contributed by atoms with E-state index in [2.05, 4.69) is 26.1 Å². The van der Waals surface area contributed by atoms with Gasteiger partial charge in [0.2, 0.25) is 0 Å².